The third kappa shape index (κ3) is 5.31. The fourth-order valence-electron chi connectivity index (χ4n) is 3.26. The van der Waals surface area contributed by atoms with E-state index in [9.17, 15) is 4.79 Å². The van der Waals surface area contributed by atoms with Gasteiger partial charge in [-0.2, -0.15) is 0 Å². The summed E-state index contributed by atoms with van der Waals surface area (Å²) in [6.45, 7) is 3.69. The Morgan fingerprint density at radius 3 is 2.25 bits per heavy atom. The van der Waals surface area contributed by atoms with Crippen molar-refractivity contribution < 1.29 is 19.0 Å². The lowest BCUT2D eigenvalue weighted by Gasteiger charge is -2.36. The maximum absolute atomic E-state index is 12.5. The average Bonchev–Trinajstić information content (AvgIpc) is 2.77. The van der Waals surface area contributed by atoms with Gasteiger partial charge >= 0.3 is 0 Å². The zero-order chi connectivity index (χ0) is 19.8. The van der Waals surface area contributed by atoms with Crippen molar-refractivity contribution in [3.05, 3.63) is 48.5 Å². The predicted molar refractivity (Wildman–Crippen MR) is 110 cm³/mol. The fourth-order valence-corrected chi connectivity index (χ4v) is 3.26. The van der Waals surface area contributed by atoms with E-state index in [1.165, 1.54) is 0 Å². The lowest BCUT2D eigenvalue weighted by atomic mass is 10.2. The summed E-state index contributed by atoms with van der Waals surface area (Å²) < 4.78 is 16.1. The number of piperazine rings is 1. The highest BCUT2D eigenvalue weighted by Crippen LogP contribution is 2.22. The maximum atomic E-state index is 12.5. The Balaban J connectivity index is 1.37. The minimum atomic E-state index is 0.198. The molecule has 3 rings (SSSR count). The summed E-state index contributed by atoms with van der Waals surface area (Å²) in [5.74, 6) is 2.65. The molecule has 0 N–H and O–H groups in total. The van der Waals surface area contributed by atoms with Crippen molar-refractivity contribution in [1.82, 2.24) is 4.90 Å². The van der Waals surface area contributed by atoms with Crippen LogP contribution in [0.1, 0.15) is 12.8 Å². The van der Waals surface area contributed by atoms with Gasteiger partial charge < -0.3 is 24.0 Å². The van der Waals surface area contributed by atoms with Gasteiger partial charge in [0.25, 0.3) is 0 Å². The minimum Gasteiger partial charge on any atom is -0.497 e. The van der Waals surface area contributed by atoms with E-state index in [2.05, 4.69) is 11.0 Å². The second kappa shape index (κ2) is 9.88. The van der Waals surface area contributed by atoms with Crippen molar-refractivity contribution in [2.24, 2.45) is 0 Å². The number of rotatable bonds is 8. The lowest BCUT2D eigenvalue weighted by Crippen LogP contribution is -2.48. The number of anilines is 1. The van der Waals surface area contributed by atoms with Crippen LogP contribution in [0.4, 0.5) is 5.69 Å². The highest BCUT2D eigenvalue weighted by Gasteiger charge is 2.21. The first-order chi connectivity index (χ1) is 13.7. The monoisotopic (exact) mass is 384 g/mol. The third-order valence-electron chi connectivity index (χ3n) is 4.91. The van der Waals surface area contributed by atoms with E-state index in [-0.39, 0.29) is 5.91 Å². The number of hydrogen-bond donors (Lipinski definition) is 0. The molecule has 0 aliphatic carbocycles. The van der Waals surface area contributed by atoms with E-state index >= 15 is 0 Å². The molecule has 1 amide bonds. The molecule has 2 aromatic carbocycles. The van der Waals surface area contributed by atoms with Gasteiger partial charge in [0.05, 0.1) is 20.8 Å². The van der Waals surface area contributed by atoms with Crippen molar-refractivity contribution in [2.45, 2.75) is 12.8 Å². The Morgan fingerprint density at radius 1 is 0.893 bits per heavy atom. The molecule has 1 saturated heterocycles. The first-order valence-corrected chi connectivity index (χ1v) is 9.63. The SMILES string of the molecule is COc1ccc(OCCCC(=O)N2CCN(c3cccc(OC)c3)CC2)cc1. The molecule has 1 fully saturated rings. The number of methoxy groups -OCH3 is 2. The van der Waals surface area contributed by atoms with Crippen LogP contribution in [-0.4, -0.2) is 57.8 Å². The molecule has 0 spiro atoms. The third-order valence-corrected chi connectivity index (χ3v) is 4.91. The average molecular weight is 384 g/mol. The first-order valence-electron chi connectivity index (χ1n) is 9.63. The standard InChI is InChI=1S/C22H28N2O4/c1-26-19-8-10-20(11-9-19)28-16-4-7-22(25)24-14-12-23(13-15-24)18-5-3-6-21(17-18)27-2/h3,5-6,8-11,17H,4,7,12-16H2,1-2H3. The van der Waals surface area contributed by atoms with Gasteiger partial charge in [-0.15, -0.1) is 0 Å². The second-order valence-corrected chi connectivity index (χ2v) is 6.70. The van der Waals surface area contributed by atoms with Gasteiger partial charge in [-0.05, 0) is 42.8 Å². The van der Waals surface area contributed by atoms with E-state index in [0.717, 1.165) is 49.1 Å². The number of nitrogens with zero attached hydrogens (tertiary/aromatic N) is 2. The van der Waals surface area contributed by atoms with Gasteiger partial charge in [0.2, 0.25) is 5.91 Å². The predicted octanol–water partition coefficient (Wildman–Crippen LogP) is 3.21. The van der Waals surface area contributed by atoms with Crippen molar-refractivity contribution in [3.8, 4) is 17.2 Å². The molecule has 6 nitrogen and oxygen atoms in total. The highest BCUT2D eigenvalue weighted by atomic mass is 16.5. The van der Waals surface area contributed by atoms with E-state index in [0.29, 0.717) is 19.4 Å². The van der Waals surface area contributed by atoms with Crippen molar-refractivity contribution in [3.63, 3.8) is 0 Å². The van der Waals surface area contributed by atoms with Gasteiger partial charge in [0, 0.05) is 44.4 Å². The van der Waals surface area contributed by atoms with E-state index in [1.807, 2.05) is 47.4 Å². The van der Waals surface area contributed by atoms with Crippen LogP contribution in [0.25, 0.3) is 0 Å². The molecule has 0 bridgehead atoms. The van der Waals surface area contributed by atoms with Gasteiger partial charge in [0.15, 0.2) is 0 Å². The van der Waals surface area contributed by atoms with E-state index in [4.69, 9.17) is 14.2 Å². The number of hydrogen-bond acceptors (Lipinski definition) is 5. The second-order valence-electron chi connectivity index (χ2n) is 6.70. The molecule has 0 saturated carbocycles. The Kier molecular flexibility index (Phi) is 7.00. The molecular formula is C22H28N2O4. The summed E-state index contributed by atoms with van der Waals surface area (Å²) in [7, 11) is 3.31. The molecule has 0 aromatic heterocycles. The summed E-state index contributed by atoms with van der Waals surface area (Å²) in [4.78, 5) is 16.7. The van der Waals surface area contributed by atoms with Gasteiger partial charge in [-0.25, -0.2) is 0 Å². The largest absolute Gasteiger partial charge is 0.497 e. The molecule has 150 valence electrons. The quantitative estimate of drug-likeness (QED) is 0.654. The summed E-state index contributed by atoms with van der Waals surface area (Å²) >= 11 is 0. The van der Waals surface area contributed by atoms with Gasteiger partial charge in [0.1, 0.15) is 17.2 Å². The Hall–Kier alpha value is -2.89. The summed E-state index contributed by atoms with van der Waals surface area (Å²) in [6.07, 6.45) is 1.22. The number of amides is 1. The topological polar surface area (TPSA) is 51.2 Å². The zero-order valence-corrected chi connectivity index (χ0v) is 16.6. The smallest absolute Gasteiger partial charge is 0.222 e. The molecule has 1 heterocycles. The molecule has 2 aromatic rings. The molecule has 0 radical (unpaired) electrons. The van der Waals surface area contributed by atoms with E-state index < -0.39 is 0 Å². The molecule has 6 heteroatoms. The van der Waals surface area contributed by atoms with Crippen LogP contribution in [0, 0.1) is 0 Å². The van der Waals surface area contributed by atoms with Crippen LogP contribution < -0.4 is 19.1 Å². The first kappa shape index (κ1) is 19.9. The maximum Gasteiger partial charge on any atom is 0.222 e. The van der Waals surface area contributed by atoms with Crippen LogP contribution >= 0.6 is 0 Å². The van der Waals surface area contributed by atoms with Crippen LogP contribution in [0.3, 0.4) is 0 Å². The summed E-state index contributed by atoms with van der Waals surface area (Å²) in [5.41, 5.74) is 1.14. The number of ether oxygens (including phenoxy) is 3. The number of benzene rings is 2. The van der Waals surface area contributed by atoms with E-state index in [1.54, 1.807) is 14.2 Å². The van der Waals surface area contributed by atoms with Crippen molar-refractivity contribution >= 4 is 11.6 Å². The Bertz CT molecular complexity index is 755. The van der Waals surface area contributed by atoms with Crippen molar-refractivity contribution in [2.75, 3.05) is 51.9 Å². The Morgan fingerprint density at radius 2 is 1.57 bits per heavy atom. The van der Waals surface area contributed by atoms with Crippen LogP contribution in [0.15, 0.2) is 48.5 Å². The molecule has 0 unspecified atom stereocenters. The molecule has 28 heavy (non-hydrogen) atoms. The Labute approximate surface area is 166 Å². The number of carbonyl (C=O) groups excluding carboxylic acids is 1. The van der Waals surface area contributed by atoms with Gasteiger partial charge in [-0.3, -0.25) is 4.79 Å². The summed E-state index contributed by atoms with van der Waals surface area (Å²) in [5, 5.41) is 0. The lowest BCUT2D eigenvalue weighted by molar-refractivity contribution is -0.131. The molecule has 1 aliphatic rings. The fraction of sp³-hybridized carbons (Fsp3) is 0.409. The highest BCUT2D eigenvalue weighted by molar-refractivity contribution is 5.76. The van der Waals surface area contributed by atoms with Crippen LogP contribution in [-0.2, 0) is 4.79 Å². The molecular weight excluding hydrogens is 356 g/mol. The normalized spacial score (nSPS) is 13.9. The van der Waals surface area contributed by atoms with Gasteiger partial charge in [-0.1, -0.05) is 6.07 Å². The minimum absolute atomic E-state index is 0.198. The van der Waals surface area contributed by atoms with Crippen LogP contribution in [0.2, 0.25) is 0 Å². The number of carbonyl (C=O) groups is 1. The summed E-state index contributed by atoms with van der Waals surface area (Å²) in [6, 6.07) is 15.5. The molecule has 0 atom stereocenters. The zero-order valence-electron chi connectivity index (χ0n) is 16.6. The molecule has 1 aliphatic heterocycles. The van der Waals surface area contributed by atoms with Crippen molar-refractivity contribution in [1.29, 1.82) is 0 Å². The van der Waals surface area contributed by atoms with Crippen LogP contribution in [0.5, 0.6) is 17.2 Å².